The number of thiocarbonyl (C=S) groups is 1. The summed E-state index contributed by atoms with van der Waals surface area (Å²) in [7, 11) is 0. The Labute approximate surface area is 335 Å². The van der Waals surface area contributed by atoms with E-state index >= 15 is 4.39 Å². The number of halogens is 4. The van der Waals surface area contributed by atoms with Crippen LogP contribution in [-0.4, -0.2) is 90.0 Å². The number of alkyl halides is 3. The lowest BCUT2D eigenvalue weighted by molar-refractivity contribution is -0.138. The van der Waals surface area contributed by atoms with E-state index in [0.717, 1.165) is 22.4 Å². The highest BCUT2D eigenvalue weighted by Gasteiger charge is 2.51. The molecule has 2 N–H and O–H groups in total. The molecular formula is C40H37F4N7O6S. The molecule has 0 aliphatic carbocycles. The number of piperazine rings is 1. The zero-order valence-electron chi connectivity index (χ0n) is 31.3. The third kappa shape index (κ3) is 7.97. The largest absolute Gasteiger partial charge is 0.489 e. The summed E-state index contributed by atoms with van der Waals surface area (Å²) < 4.78 is 67.9. The molecule has 4 amide bonds. The molecule has 0 unspecified atom stereocenters. The average molecular weight is 820 g/mol. The van der Waals surface area contributed by atoms with E-state index in [2.05, 4.69) is 15.5 Å². The van der Waals surface area contributed by atoms with E-state index in [1.807, 2.05) is 4.90 Å². The first-order valence-electron chi connectivity index (χ1n) is 18.4. The zero-order chi connectivity index (χ0) is 41.5. The predicted octanol–water partition coefficient (Wildman–Crippen LogP) is 5.53. The topological polar surface area (TPSA) is 151 Å². The second kappa shape index (κ2) is 15.8. The smallest absolute Gasteiger partial charge is 0.417 e. The van der Waals surface area contributed by atoms with Gasteiger partial charge in [-0.15, -0.1) is 0 Å². The average Bonchev–Trinajstić information content (AvgIpc) is 3.66. The first kappa shape index (κ1) is 40.3. The Kier molecular flexibility index (Phi) is 11.0. The maximum Gasteiger partial charge on any atom is 0.417 e. The molecular weight excluding hydrogens is 783 g/mol. The first-order chi connectivity index (χ1) is 27.5. The van der Waals surface area contributed by atoms with Gasteiger partial charge >= 0.3 is 6.18 Å². The summed E-state index contributed by atoms with van der Waals surface area (Å²) in [6, 6.07) is 13.7. The number of ether oxygens (including phenoxy) is 1. The highest BCUT2D eigenvalue weighted by Crippen LogP contribution is 2.40. The molecule has 0 bridgehead atoms. The van der Waals surface area contributed by atoms with Crippen LogP contribution in [0.1, 0.15) is 49.3 Å². The molecule has 0 saturated carbocycles. The Morgan fingerprint density at radius 1 is 1.03 bits per heavy atom. The van der Waals surface area contributed by atoms with E-state index in [9.17, 15) is 37.6 Å². The predicted molar refractivity (Wildman–Crippen MR) is 208 cm³/mol. The summed E-state index contributed by atoms with van der Waals surface area (Å²) in [5.41, 5.74) is -1.41. The second-order valence-corrected chi connectivity index (χ2v) is 15.1. The molecule has 13 nitrogen and oxygen atoms in total. The highest BCUT2D eigenvalue weighted by atomic mass is 32.1. The van der Waals surface area contributed by atoms with Gasteiger partial charge in [-0.1, -0.05) is 0 Å². The minimum Gasteiger partial charge on any atom is -0.489 e. The minimum absolute atomic E-state index is 0.0352. The van der Waals surface area contributed by atoms with Crippen LogP contribution in [0, 0.1) is 17.1 Å². The molecule has 4 aromatic rings. The molecule has 0 radical (unpaired) electrons. The number of amides is 4. The van der Waals surface area contributed by atoms with Crippen molar-refractivity contribution in [3.63, 3.8) is 0 Å². The van der Waals surface area contributed by atoms with Gasteiger partial charge in [-0.25, -0.2) is 4.39 Å². The Hall–Kier alpha value is -5.90. The second-order valence-electron chi connectivity index (χ2n) is 14.7. The summed E-state index contributed by atoms with van der Waals surface area (Å²) >= 11 is 5.55. The number of rotatable bonds is 10. The van der Waals surface area contributed by atoms with Crippen LogP contribution in [0.2, 0.25) is 0 Å². The van der Waals surface area contributed by atoms with Crippen molar-refractivity contribution < 1.29 is 45.9 Å². The van der Waals surface area contributed by atoms with E-state index < -0.39 is 40.5 Å². The van der Waals surface area contributed by atoms with Crippen LogP contribution in [0.5, 0.6) is 5.75 Å². The summed E-state index contributed by atoms with van der Waals surface area (Å²) in [6.07, 6.45) is -2.67. The first-order valence-corrected chi connectivity index (χ1v) is 18.8. The molecule has 3 saturated heterocycles. The molecule has 3 aliphatic heterocycles. The van der Waals surface area contributed by atoms with Crippen molar-refractivity contribution in [1.29, 1.82) is 5.26 Å². The SMILES string of the molecule is CC1(C)C(=O)N(c2ccc(C#N)c(C(F)(F)F)c2)C(=S)N1c1ccc(OCCN2CCN(CC(=O)Nc3ccc4c([C@@H]5CCC(=O)NC5=O)coc4c3)CC2)c(F)c1. The van der Waals surface area contributed by atoms with Gasteiger partial charge in [-0.2, -0.15) is 18.4 Å². The molecule has 18 heteroatoms. The number of nitrogens with one attached hydrogen (secondary N) is 2. The highest BCUT2D eigenvalue weighted by molar-refractivity contribution is 7.81. The van der Waals surface area contributed by atoms with Gasteiger partial charge in [0.25, 0.3) is 5.91 Å². The normalized spacial score (nSPS) is 19.1. The van der Waals surface area contributed by atoms with E-state index in [1.54, 1.807) is 18.2 Å². The molecule has 302 valence electrons. The van der Waals surface area contributed by atoms with Gasteiger partial charge in [0.1, 0.15) is 17.7 Å². The number of furan rings is 1. The molecule has 3 aliphatic rings. The quantitative estimate of drug-likeness (QED) is 0.118. The lowest BCUT2D eigenvalue weighted by Gasteiger charge is -2.34. The number of piperidine rings is 1. The Balaban J connectivity index is 0.888. The number of nitrogens with zero attached hydrogens (tertiary/aromatic N) is 5. The lowest BCUT2D eigenvalue weighted by Crippen LogP contribution is -2.49. The molecule has 1 atom stereocenters. The summed E-state index contributed by atoms with van der Waals surface area (Å²) in [5.74, 6) is -2.72. The zero-order valence-corrected chi connectivity index (χ0v) is 32.1. The molecule has 0 spiro atoms. The number of hydrogen-bond donors (Lipinski definition) is 2. The van der Waals surface area contributed by atoms with Gasteiger partial charge in [0.2, 0.25) is 17.7 Å². The van der Waals surface area contributed by atoms with Crippen LogP contribution < -0.4 is 25.2 Å². The number of anilines is 3. The van der Waals surface area contributed by atoms with Crippen LogP contribution >= 0.6 is 12.2 Å². The summed E-state index contributed by atoms with van der Waals surface area (Å²) in [4.78, 5) is 56.8. The Morgan fingerprint density at radius 3 is 2.45 bits per heavy atom. The number of fused-ring (bicyclic) bond motifs is 1. The standard InChI is InChI=1S/C40H37F4N7O6S/c1-39(2)37(55)50(25-5-3-23(20-45)30(18-25)40(42,43)44)38(58)51(39)26-6-9-32(31(41)19-26)56-16-15-48-11-13-49(14-12-48)21-35(53)46-24-4-7-27-29(22-57-33(27)17-24)28-8-10-34(52)47-36(28)54/h3-7,9,17-19,22,28H,8,10-16,21H2,1-2H3,(H,46,53)(H,47,52,54)/t28-/m0/s1. The molecule has 58 heavy (non-hydrogen) atoms. The monoisotopic (exact) mass is 819 g/mol. The van der Waals surface area contributed by atoms with Crippen LogP contribution in [-0.2, 0) is 25.4 Å². The number of nitriles is 1. The van der Waals surface area contributed by atoms with E-state index in [4.69, 9.17) is 21.4 Å². The number of imide groups is 1. The van der Waals surface area contributed by atoms with E-state index in [-0.39, 0.29) is 59.5 Å². The van der Waals surface area contributed by atoms with Gasteiger partial charge in [0.05, 0.1) is 41.6 Å². The van der Waals surface area contributed by atoms with Gasteiger partial charge < -0.3 is 19.4 Å². The molecule has 3 fully saturated rings. The van der Waals surface area contributed by atoms with Crippen molar-refractivity contribution in [3.05, 3.63) is 83.4 Å². The summed E-state index contributed by atoms with van der Waals surface area (Å²) in [5, 5.41) is 15.0. The fraction of sp³-hybridized carbons (Fsp3) is 0.350. The third-order valence-electron chi connectivity index (χ3n) is 10.5. The number of carbonyl (C=O) groups is 4. The molecule has 7 rings (SSSR count). The van der Waals surface area contributed by atoms with Crippen molar-refractivity contribution in [2.75, 3.05) is 61.0 Å². The molecule has 4 heterocycles. The lowest BCUT2D eigenvalue weighted by atomic mass is 9.90. The van der Waals surface area contributed by atoms with Gasteiger partial charge in [0.15, 0.2) is 16.7 Å². The van der Waals surface area contributed by atoms with Crippen molar-refractivity contribution in [2.24, 2.45) is 0 Å². The summed E-state index contributed by atoms with van der Waals surface area (Å²) in [6.45, 7) is 6.39. The Bertz CT molecular complexity index is 2370. The Morgan fingerprint density at radius 2 is 1.76 bits per heavy atom. The number of carbonyl (C=O) groups excluding carboxylic acids is 4. The fourth-order valence-corrected chi connectivity index (χ4v) is 7.97. The van der Waals surface area contributed by atoms with Gasteiger partial charge in [0, 0.05) is 73.6 Å². The van der Waals surface area contributed by atoms with Crippen molar-refractivity contribution in [2.45, 2.75) is 44.3 Å². The van der Waals surface area contributed by atoms with Crippen molar-refractivity contribution in [1.82, 2.24) is 15.1 Å². The van der Waals surface area contributed by atoms with Crippen LogP contribution in [0.3, 0.4) is 0 Å². The van der Waals surface area contributed by atoms with E-state index in [0.29, 0.717) is 62.0 Å². The maximum atomic E-state index is 15.4. The van der Waals surface area contributed by atoms with Crippen LogP contribution in [0.4, 0.5) is 34.6 Å². The fourth-order valence-electron chi connectivity index (χ4n) is 7.45. The van der Waals surface area contributed by atoms with E-state index in [1.165, 1.54) is 49.3 Å². The third-order valence-corrected chi connectivity index (χ3v) is 10.9. The van der Waals surface area contributed by atoms with Gasteiger partial charge in [-0.05, 0) is 75.0 Å². The maximum absolute atomic E-state index is 15.4. The minimum atomic E-state index is -4.84. The van der Waals surface area contributed by atoms with Crippen molar-refractivity contribution >= 4 is 69.0 Å². The van der Waals surface area contributed by atoms with Crippen molar-refractivity contribution in [3.8, 4) is 11.8 Å². The van der Waals surface area contributed by atoms with Crippen LogP contribution in [0.15, 0.2) is 65.3 Å². The molecule has 1 aromatic heterocycles. The number of hydrogen-bond acceptors (Lipinski definition) is 10. The number of benzene rings is 3. The van der Waals surface area contributed by atoms with Gasteiger partial charge in [-0.3, -0.25) is 39.2 Å². The molecule has 3 aromatic carbocycles. The van der Waals surface area contributed by atoms with Crippen LogP contribution in [0.25, 0.3) is 11.0 Å².